The van der Waals surface area contributed by atoms with Crippen LogP contribution >= 0.6 is 0 Å². The molecule has 0 bridgehead atoms. The highest BCUT2D eigenvalue weighted by Gasteiger charge is 2.15. The van der Waals surface area contributed by atoms with Crippen molar-refractivity contribution >= 4 is 22.6 Å². The molecule has 2 aromatic heterocycles. The molecule has 0 spiro atoms. The molecule has 0 aliphatic carbocycles. The van der Waals surface area contributed by atoms with Gasteiger partial charge < -0.3 is 15.6 Å². The molecule has 3 aromatic rings. The summed E-state index contributed by atoms with van der Waals surface area (Å²) in [4.78, 5) is 15.4. The summed E-state index contributed by atoms with van der Waals surface area (Å²) in [6, 6.07) is 7.56. The Bertz CT molecular complexity index is 877. The number of nitrogens with one attached hydrogen (secondary N) is 3. The number of carbonyl (C=O) groups is 1. The predicted molar refractivity (Wildman–Crippen MR) is 96.3 cm³/mol. The second-order valence-electron chi connectivity index (χ2n) is 6.22. The Morgan fingerprint density at radius 2 is 2.12 bits per heavy atom. The van der Waals surface area contributed by atoms with E-state index in [1.54, 1.807) is 0 Å². The van der Waals surface area contributed by atoms with Crippen LogP contribution in [0.15, 0.2) is 30.5 Å². The number of amides is 2. The number of hydrogen-bond acceptors (Lipinski definition) is 2. The van der Waals surface area contributed by atoms with Crippen molar-refractivity contribution in [2.75, 3.05) is 5.32 Å². The molecule has 6 heteroatoms. The Morgan fingerprint density at radius 1 is 1.33 bits per heavy atom. The van der Waals surface area contributed by atoms with Gasteiger partial charge in [0.05, 0.1) is 11.4 Å². The number of aryl methyl sites for hydroxylation is 2. The zero-order chi connectivity index (χ0) is 17.3. The van der Waals surface area contributed by atoms with Crippen LogP contribution in [0.4, 0.5) is 10.5 Å². The zero-order valence-corrected chi connectivity index (χ0v) is 14.5. The first-order valence-electron chi connectivity index (χ1n) is 8.08. The number of anilines is 1. The number of hydrogen-bond donors (Lipinski definition) is 3. The number of urea groups is 1. The highest BCUT2D eigenvalue weighted by molar-refractivity contribution is 6.00. The second-order valence-corrected chi connectivity index (χ2v) is 6.22. The molecule has 6 nitrogen and oxygen atoms in total. The van der Waals surface area contributed by atoms with E-state index in [2.05, 4.69) is 27.6 Å². The lowest BCUT2D eigenvalue weighted by Crippen LogP contribution is -2.37. The van der Waals surface area contributed by atoms with Crippen molar-refractivity contribution in [3.63, 3.8) is 0 Å². The molecule has 1 aromatic carbocycles. The molecule has 2 amide bonds. The smallest absolute Gasteiger partial charge is 0.319 e. The summed E-state index contributed by atoms with van der Waals surface area (Å²) >= 11 is 0. The summed E-state index contributed by atoms with van der Waals surface area (Å²) in [6.07, 6.45) is 2.62. The standard InChI is InChI=1S/C18H23N5O/c1-11(10-15-12(2)22-23(4)13(15)3)20-18(24)21-17-7-5-6-16-14(17)8-9-19-16/h5-9,11,19H,10H2,1-4H3,(H2,20,21,24)/t11-/m1/s1. The Morgan fingerprint density at radius 3 is 2.83 bits per heavy atom. The topological polar surface area (TPSA) is 74.7 Å². The van der Waals surface area contributed by atoms with Gasteiger partial charge in [-0.15, -0.1) is 0 Å². The number of fused-ring (bicyclic) bond motifs is 1. The van der Waals surface area contributed by atoms with Crippen molar-refractivity contribution in [2.45, 2.75) is 33.2 Å². The van der Waals surface area contributed by atoms with Crippen molar-refractivity contribution in [2.24, 2.45) is 7.05 Å². The summed E-state index contributed by atoms with van der Waals surface area (Å²) in [6.45, 7) is 6.05. The van der Waals surface area contributed by atoms with Crippen LogP contribution in [0.1, 0.15) is 23.9 Å². The van der Waals surface area contributed by atoms with E-state index in [1.807, 2.05) is 56.0 Å². The van der Waals surface area contributed by atoms with Gasteiger partial charge in [-0.2, -0.15) is 5.10 Å². The fourth-order valence-corrected chi connectivity index (χ4v) is 3.05. The zero-order valence-electron chi connectivity index (χ0n) is 14.5. The average Bonchev–Trinajstić information content (AvgIpc) is 3.09. The molecule has 0 aliphatic heterocycles. The van der Waals surface area contributed by atoms with Gasteiger partial charge in [0.2, 0.25) is 0 Å². The SMILES string of the molecule is Cc1nn(C)c(C)c1C[C@@H](C)NC(=O)Nc1cccc2[nH]ccc12. The molecule has 0 saturated carbocycles. The molecule has 0 aliphatic rings. The van der Waals surface area contributed by atoms with Gasteiger partial charge in [0.15, 0.2) is 0 Å². The quantitative estimate of drug-likeness (QED) is 0.688. The summed E-state index contributed by atoms with van der Waals surface area (Å²) in [7, 11) is 1.94. The molecule has 3 N–H and O–H groups in total. The molecule has 3 rings (SSSR count). The van der Waals surface area contributed by atoms with Crippen LogP contribution in [-0.2, 0) is 13.5 Å². The highest BCUT2D eigenvalue weighted by Crippen LogP contribution is 2.22. The number of carbonyl (C=O) groups excluding carboxylic acids is 1. The van der Waals surface area contributed by atoms with Gasteiger partial charge >= 0.3 is 6.03 Å². The van der Waals surface area contributed by atoms with E-state index in [0.717, 1.165) is 34.4 Å². The molecule has 0 fully saturated rings. The molecule has 126 valence electrons. The molecule has 2 heterocycles. The highest BCUT2D eigenvalue weighted by atomic mass is 16.2. The van der Waals surface area contributed by atoms with Gasteiger partial charge in [-0.05, 0) is 51.0 Å². The Kier molecular flexibility index (Phi) is 4.29. The van der Waals surface area contributed by atoms with Crippen LogP contribution in [0, 0.1) is 13.8 Å². The molecule has 0 saturated heterocycles. The van der Waals surface area contributed by atoms with Gasteiger partial charge in [-0.1, -0.05) is 6.07 Å². The molecular formula is C18H23N5O. The predicted octanol–water partition coefficient (Wildman–Crippen LogP) is 3.27. The summed E-state index contributed by atoms with van der Waals surface area (Å²) in [5.41, 5.74) is 5.15. The second kappa shape index (κ2) is 6.39. The van der Waals surface area contributed by atoms with E-state index in [1.165, 1.54) is 5.56 Å². The number of H-pyrrole nitrogens is 1. The monoisotopic (exact) mass is 325 g/mol. The minimum absolute atomic E-state index is 0.0111. The normalized spacial score (nSPS) is 12.3. The summed E-state index contributed by atoms with van der Waals surface area (Å²) in [5, 5.41) is 11.4. The largest absolute Gasteiger partial charge is 0.361 e. The van der Waals surface area contributed by atoms with Crippen molar-refractivity contribution in [3.8, 4) is 0 Å². The van der Waals surface area contributed by atoms with Crippen LogP contribution in [0.5, 0.6) is 0 Å². The van der Waals surface area contributed by atoms with E-state index >= 15 is 0 Å². The number of aromatic nitrogens is 3. The van der Waals surface area contributed by atoms with Crippen LogP contribution < -0.4 is 10.6 Å². The maximum absolute atomic E-state index is 12.3. The van der Waals surface area contributed by atoms with E-state index < -0.39 is 0 Å². The lowest BCUT2D eigenvalue weighted by molar-refractivity contribution is 0.249. The third kappa shape index (κ3) is 3.13. The molecule has 0 unspecified atom stereocenters. The number of nitrogens with zero attached hydrogens (tertiary/aromatic N) is 2. The third-order valence-corrected chi connectivity index (χ3v) is 4.39. The van der Waals surface area contributed by atoms with Crippen molar-refractivity contribution in [1.29, 1.82) is 0 Å². The number of rotatable bonds is 4. The first-order valence-corrected chi connectivity index (χ1v) is 8.08. The third-order valence-electron chi connectivity index (χ3n) is 4.39. The summed E-state index contributed by atoms with van der Waals surface area (Å²) in [5.74, 6) is 0. The first-order chi connectivity index (χ1) is 11.5. The molecule has 1 atom stereocenters. The number of benzene rings is 1. The molecular weight excluding hydrogens is 302 g/mol. The Labute approximate surface area is 141 Å². The van der Waals surface area contributed by atoms with Crippen LogP contribution in [0.3, 0.4) is 0 Å². The van der Waals surface area contributed by atoms with E-state index in [4.69, 9.17) is 0 Å². The van der Waals surface area contributed by atoms with Crippen molar-refractivity contribution in [3.05, 3.63) is 47.4 Å². The first kappa shape index (κ1) is 16.1. The lowest BCUT2D eigenvalue weighted by Gasteiger charge is -2.15. The van der Waals surface area contributed by atoms with E-state index in [9.17, 15) is 4.79 Å². The van der Waals surface area contributed by atoms with Gasteiger partial charge in [0, 0.05) is 35.9 Å². The molecule has 0 radical (unpaired) electrons. The maximum atomic E-state index is 12.3. The van der Waals surface area contributed by atoms with Crippen molar-refractivity contribution < 1.29 is 4.79 Å². The van der Waals surface area contributed by atoms with Gasteiger partial charge in [0.1, 0.15) is 0 Å². The Hall–Kier alpha value is -2.76. The minimum atomic E-state index is -0.199. The van der Waals surface area contributed by atoms with Gasteiger partial charge in [0.25, 0.3) is 0 Å². The number of aromatic amines is 1. The summed E-state index contributed by atoms with van der Waals surface area (Å²) < 4.78 is 1.88. The van der Waals surface area contributed by atoms with Gasteiger partial charge in [-0.25, -0.2) is 4.79 Å². The van der Waals surface area contributed by atoms with Crippen molar-refractivity contribution in [1.82, 2.24) is 20.1 Å². The maximum Gasteiger partial charge on any atom is 0.319 e. The minimum Gasteiger partial charge on any atom is -0.361 e. The lowest BCUT2D eigenvalue weighted by atomic mass is 10.1. The Balaban J connectivity index is 1.65. The van der Waals surface area contributed by atoms with E-state index in [0.29, 0.717) is 0 Å². The van der Waals surface area contributed by atoms with Crippen LogP contribution in [0.2, 0.25) is 0 Å². The fraction of sp³-hybridized carbons (Fsp3) is 0.333. The average molecular weight is 325 g/mol. The fourth-order valence-electron chi connectivity index (χ4n) is 3.05. The molecule has 24 heavy (non-hydrogen) atoms. The van der Waals surface area contributed by atoms with Gasteiger partial charge in [-0.3, -0.25) is 4.68 Å². The van der Waals surface area contributed by atoms with E-state index in [-0.39, 0.29) is 12.1 Å². The van der Waals surface area contributed by atoms with Crippen LogP contribution in [-0.4, -0.2) is 26.8 Å². The van der Waals surface area contributed by atoms with Crippen LogP contribution in [0.25, 0.3) is 10.9 Å².